The van der Waals surface area contributed by atoms with Crippen LogP contribution in [0.15, 0.2) is 54.1 Å². The lowest BCUT2D eigenvalue weighted by Gasteiger charge is -2.07. The maximum Gasteiger partial charge on any atom is 0.349 e. The molecule has 10 heteroatoms. The number of carbonyl (C=O) groups excluding carboxylic acids is 2. The molecule has 0 saturated heterocycles. The SMILES string of the molecule is COCCNC(=O)/C(C#N)=C/c1ccc(OC(=O)COc2ccc([N+](=O)[O-])cc2)cc1. The van der Waals surface area contributed by atoms with Gasteiger partial charge in [-0.2, -0.15) is 5.26 Å². The summed E-state index contributed by atoms with van der Waals surface area (Å²) in [6.07, 6.45) is 1.41. The van der Waals surface area contributed by atoms with Crippen LogP contribution in [0, 0.1) is 21.4 Å². The van der Waals surface area contributed by atoms with E-state index in [1.165, 1.54) is 49.6 Å². The molecular formula is C21H19N3O7. The second-order valence-electron chi connectivity index (χ2n) is 6.00. The quantitative estimate of drug-likeness (QED) is 0.116. The zero-order chi connectivity index (χ0) is 22.6. The monoisotopic (exact) mass is 425 g/mol. The van der Waals surface area contributed by atoms with E-state index in [4.69, 9.17) is 19.5 Å². The smallest absolute Gasteiger partial charge is 0.349 e. The van der Waals surface area contributed by atoms with Crippen molar-refractivity contribution in [3.05, 3.63) is 69.8 Å². The Kier molecular flexibility index (Phi) is 8.70. The van der Waals surface area contributed by atoms with Crippen molar-refractivity contribution in [2.24, 2.45) is 0 Å². The van der Waals surface area contributed by atoms with Gasteiger partial charge >= 0.3 is 5.97 Å². The average Bonchev–Trinajstić information content (AvgIpc) is 2.77. The third-order valence-electron chi connectivity index (χ3n) is 3.78. The second kappa shape index (κ2) is 11.7. The zero-order valence-electron chi connectivity index (χ0n) is 16.6. The number of esters is 1. The molecule has 0 spiro atoms. The number of ether oxygens (including phenoxy) is 3. The van der Waals surface area contributed by atoms with Crippen LogP contribution in [-0.4, -0.2) is 43.7 Å². The van der Waals surface area contributed by atoms with Crippen molar-refractivity contribution in [2.45, 2.75) is 0 Å². The molecule has 0 heterocycles. The van der Waals surface area contributed by atoms with E-state index in [2.05, 4.69) is 5.32 Å². The Hall–Kier alpha value is -4.23. The van der Waals surface area contributed by atoms with Gasteiger partial charge in [-0.05, 0) is 35.9 Å². The number of nitrogens with zero attached hydrogens (tertiary/aromatic N) is 2. The highest BCUT2D eigenvalue weighted by Crippen LogP contribution is 2.18. The molecule has 2 aromatic carbocycles. The molecule has 0 saturated carbocycles. The first-order valence-corrected chi connectivity index (χ1v) is 9.00. The van der Waals surface area contributed by atoms with Gasteiger partial charge in [-0.3, -0.25) is 14.9 Å². The summed E-state index contributed by atoms with van der Waals surface area (Å²) in [7, 11) is 1.50. The number of nitro benzene ring substituents is 1. The fraction of sp³-hybridized carbons (Fsp3) is 0.190. The van der Waals surface area contributed by atoms with Crippen molar-refractivity contribution < 1.29 is 28.7 Å². The van der Waals surface area contributed by atoms with E-state index < -0.39 is 16.8 Å². The lowest BCUT2D eigenvalue weighted by molar-refractivity contribution is -0.384. The van der Waals surface area contributed by atoms with Crippen molar-refractivity contribution in [1.29, 1.82) is 5.26 Å². The molecule has 0 aliphatic rings. The fourth-order valence-electron chi connectivity index (χ4n) is 2.28. The lowest BCUT2D eigenvalue weighted by atomic mass is 10.1. The Balaban J connectivity index is 1.89. The van der Waals surface area contributed by atoms with E-state index in [9.17, 15) is 19.7 Å². The molecule has 1 amide bonds. The van der Waals surface area contributed by atoms with Gasteiger partial charge in [0.1, 0.15) is 23.1 Å². The Morgan fingerprint density at radius 1 is 1.13 bits per heavy atom. The number of nitrogens with one attached hydrogen (secondary N) is 1. The summed E-state index contributed by atoms with van der Waals surface area (Å²) in [4.78, 5) is 33.9. The molecule has 2 aromatic rings. The van der Waals surface area contributed by atoms with Crippen molar-refractivity contribution in [1.82, 2.24) is 5.32 Å². The third kappa shape index (κ3) is 7.60. The van der Waals surface area contributed by atoms with E-state index in [-0.39, 0.29) is 35.9 Å². The van der Waals surface area contributed by atoms with Crippen molar-refractivity contribution in [3.8, 4) is 17.6 Å². The van der Waals surface area contributed by atoms with Gasteiger partial charge < -0.3 is 19.5 Å². The van der Waals surface area contributed by atoms with Gasteiger partial charge in [0.05, 0.1) is 11.5 Å². The second-order valence-corrected chi connectivity index (χ2v) is 6.00. The number of nitro groups is 1. The number of methoxy groups -OCH3 is 1. The first-order valence-electron chi connectivity index (χ1n) is 9.00. The molecule has 0 unspecified atom stereocenters. The molecule has 0 aliphatic carbocycles. The average molecular weight is 425 g/mol. The maximum absolute atomic E-state index is 11.9. The lowest BCUT2D eigenvalue weighted by Crippen LogP contribution is -2.27. The molecule has 0 aromatic heterocycles. The third-order valence-corrected chi connectivity index (χ3v) is 3.78. The minimum Gasteiger partial charge on any atom is -0.482 e. The predicted octanol–water partition coefficient (Wildman–Crippen LogP) is 2.25. The molecule has 0 aliphatic heterocycles. The maximum atomic E-state index is 11.9. The highest BCUT2D eigenvalue weighted by Gasteiger charge is 2.10. The summed E-state index contributed by atoms with van der Waals surface area (Å²) in [5.74, 6) is -0.649. The molecule has 0 bridgehead atoms. The van der Waals surface area contributed by atoms with Crippen LogP contribution < -0.4 is 14.8 Å². The van der Waals surface area contributed by atoms with Crippen LogP contribution >= 0.6 is 0 Å². The normalized spacial score (nSPS) is 10.6. The summed E-state index contributed by atoms with van der Waals surface area (Å²) in [5.41, 5.74) is 0.411. The van der Waals surface area contributed by atoms with Crippen LogP contribution in [0.25, 0.3) is 6.08 Å². The number of amides is 1. The number of carbonyl (C=O) groups is 2. The van der Waals surface area contributed by atoms with Gasteiger partial charge in [0, 0.05) is 25.8 Å². The molecule has 0 atom stereocenters. The first kappa shape index (κ1) is 23.1. The first-order chi connectivity index (χ1) is 14.9. The van der Waals surface area contributed by atoms with E-state index in [1.807, 2.05) is 6.07 Å². The number of hydrogen-bond donors (Lipinski definition) is 1. The van der Waals surface area contributed by atoms with E-state index in [0.717, 1.165) is 0 Å². The van der Waals surface area contributed by atoms with Crippen molar-refractivity contribution >= 4 is 23.6 Å². The van der Waals surface area contributed by atoms with Crippen molar-refractivity contribution in [2.75, 3.05) is 26.9 Å². The van der Waals surface area contributed by atoms with Gasteiger partial charge in [0.25, 0.3) is 11.6 Å². The molecule has 1 N–H and O–H groups in total. The fourth-order valence-corrected chi connectivity index (χ4v) is 2.28. The minimum atomic E-state index is -0.670. The number of rotatable bonds is 10. The number of benzene rings is 2. The molecule has 31 heavy (non-hydrogen) atoms. The van der Waals surface area contributed by atoms with Gasteiger partial charge in [-0.1, -0.05) is 12.1 Å². The van der Waals surface area contributed by atoms with E-state index in [1.54, 1.807) is 12.1 Å². The number of nitriles is 1. The van der Waals surface area contributed by atoms with Crippen LogP contribution in [0.2, 0.25) is 0 Å². The Bertz CT molecular complexity index is 993. The highest BCUT2D eigenvalue weighted by molar-refractivity contribution is 6.01. The molecular weight excluding hydrogens is 406 g/mol. The van der Waals surface area contributed by atoms with Gasteiger partial charge in [-0.25, -0.2) is 4.79 Å². The Morgan fingerprint density at radius 3 is 2.35 bits per heavy atom. The van der Waals surface area contributed by atoms with E-state index >= 15 is 0 Å². The molecule has 0 radical (unpaired) electrons. The van der Waals surface area contributed by atoms with Crippen LogP contribution in [0.1, 0.15) is 5.56 Å². The van der Waals surface area contributed by atoms with Crippen molar-refractivity contribution in [3.63, 3.8) is 0 Å². The topological polar surface area (TPSA) is 141 Å². The highest BCUT2D eigenvalue weighted by atomic mass is 16.6. The summed E-state index contributed by atoms with van der Waals surface area (Å²) >= 11 is 0. The number of hydrogen-bond acceptors (Lipinski definition) is 8. The largest absolute Gasteiger partial charge is 0.482 e. The zero-order valence-corrected chi connectivity index (χ0v) is 16.6. The van der Waals surface area contributed by atoms with Crippen LogP contribution in [0.4, 0.5) is 5.69 Å². The van der Waals surface area contributed by atoms with Gasteiger partial charge in [0.15, 0.2) is 6.61 Å². The Morgan fingerprint density at radius 2 is 1.77 bits per heavy atom. The Labute approximate surface area is 177 Å². The molecule has 2 rings (SSSR count). The number of non-ortho nitro benzene ring substituents is 1. The minimum absolute atomic E-state index is 0.0719. The predicted molar refractivity (Wildman–Crippen MR) is 109 cm³/mol. The molecule has 0 fully saturated rings. The van der Waals surface area contributed by atoms with Crippen LogP contribution in [0.3, 0.4) is 0 Å². The standard InChI is InChI=1S/C21H19N3O7/c1-29-11-10-23-21(26)16(13-22)12-15-2-6-19(7-3-15)31-20(25)14-30-18-8-4-17(5-9-18)24(27)28/h2-9,12H,10-11,14H2,1H3,(H,23,26)/b16-12+. The molecule has 160 valence electrons. The van der Waals surface area contributed by atoms with Crippen LogP contribution in [0.5, 0.6) is 11.5 Å². The molecule has 10 nitrogen and oxygen atoms in total. The summed E-state index contributed by atoms with van der Waals surface area (Å²) in [6.45, 7) is 0.225. The van der Waals surface area contributed by atoms with E-state index in [0.29, 0.717) is 12.2 Å². The van der Waals surface area contributed by atoms with Gasteiger partial charge in [-0.15, -0.1) is 0 Å². The summed E-state index contributed by atoms with van der Waals surface area (Å²) in [5, 5.41) is 22.3. The summed E-state index contributed by atoms with van der Waals surface area (Å²) < 4.78 is 15.2. The van der Waals surface area contributed by atoms with Gasteiger partial charge in [0.2, 0.25) is 0 Å². The van der Waals surface area contributed by atoms with Crippen LogP contribution in [-0.2, 0) is 14.3 Å². The summed E-state index contributed by atoms with van der Waals surface area (Å²) in [6, 6.07) is 13.3.